The number of nitro benzene ring substituents is 1. The zero-order valence-electron chi connectivity index (χ0n) is 12.3. The smallest absolute Gasteiger partial charge is 0.269 e. The summed E-state index contributed by atoms with van der Waals surface area (Å²) in [5.74, 6) is 0.261. The van der Waals surface area contributed by atoms with Gasteiger partial charge in [-0.05, 0) is 37.8 Å². The fourth-order valence-corrected chi connectivity index (χ4v) is 2.69. The molecule has 0 aromatic heterocycles. The van der Waals surface area contributed by atoms with Crippen LogP contribution in [-0.4, -0.2) is 23.4 Å². The Hall–Kier alpha value is -1.95. The molecule has 2 N–H and O–H groups in total. The number of rotatable bonds is 4. The first-order chi connectivity index (χ1) is 9.99. The number of hydrogen-bond donors (Lipinski definition) is 2. The number of non-ortho nitro benzene ring substituents is 1. The van der Waals surface area contributed by atoms with Gasteiger partial charge in [-0.2, -0.15) is 0 Å². The average Bonchev–Trinajstić information content (AvgIpc) is 2.47. The van der Waals surface area contributed by atoms with Crippen LogP contribution in [0.3, 0.4) is 0 Å². The Balaban J connectivity index is 2.03. The van der Waals surface area contributed by atoms with Crippen LogP contribution in [-0.2, 0) is 4.79 Å². The molecule has 1 aromatic rings. The maximum absolute atomic E-state index is 12.3. The van der Waals surface area contributed by atoms with Crippen molar-refractivity contribution in [1.29, 1.82) is 0 Å². The third-order valence-electron chi connectivity index (χ3n) is 3.99. The van der Waals surface area contributed by atoms with Gasteiger partial charge in [-0.3, -0.25) is 14.9 Å². The van der Waals surface area contributed by atoms with Crippen LogP contribution in [0.25, 0.3) is 0 Å². The number of nitro groups is 1. The van der Waals surface area contributed by atoms with Gasteiger partial charge in [0.05, 0.1) is 17.0 Å². The molecule has 2 rings (SSSR count). The van der Waals surface area contributed by atoms with Gasteiger partial charge in [0, 0.05) is 12.1 Å². The summed E-state index contributed by atoms with van der Waals surface area (Å²) in [5.41, 5.74) is 0.777. The number of carbonyl (C=O) groups excluding carboxylic acids is 1. The molecule has 0 bridgehead atoms. The van der Waals surface area contributed by atoms with E-state index in [1.54, 1.807) is 12.1 Å². The third-order valence-corrected chi connectivity index (χ3v) is 3.99. The second-order valence-corrected chi connectivity index (χ2v) is 5.63. The molecule has 1 aliphatic rings. The molecule has 0 saturated carbocycles. The maximum Gasteiger partial charge on any atom is 0.269 e. The Morgan fingerprint density at radius 2 is 2.29 bits per heavy atom. The molecule has 114 valence electrons. The van der Waals surface area contributed by atoms with Crippen molar-refractivity contribution in [3.8, 4) is 0 Å². The van der Waals surface area contributed by atoms with Crippen molar-refractivity contribution in [2.45, 2.75) is 38.8 Å². The Labute approximate surface area is 124 Å². The van der Waals surface area contributed by atoms with E-state index in [0.717, 1.165) is 24.9 Å². The largest absolute Gasteiger partial charge is 0.348 e. The van der Waals surface area contributed by atoms with E-state index in [4.69, 9.17) is 0 Å². The van der Waals surface area contributed by atoms with Crippen molar-refractivity contribution in [2.75, 3.05) is 6.54 Å². The van der Waals surface area contributed by atoms with Gasteiger partial charge >= 0.3 is 0 Å². The molecule has 0 aliphatic carbocycles. The van der Waals surface area contributed by atoms with Crippen molar-refractivity contribution in [3.05, 3.63) is 39.9 Å². The third kappa shape index (κ3) is 3.78. The Morgan fingerprint density at radius 3 is 2.95 bits per heavy atom. The van der Waals surface area contributed by atoms with E-state index in [0.29, 0.717) is 5.92 Å². The molecule has 1 aliphatic heterocycles. The molecule has 1 heterocycles. The number of nitrogens with zero attached hydrogens (tertiary/aromatic N) is 1. The fourth-order valence-electron chi connectivity index (χ4n) is 2.69. The van der Waals surface area contributed by atoms with E-state index in [9.17, 15) is 14.9 Å². The molecule has 1 fully saturated rings. The second kappa shape index (κ2) is 6.67. The molecule has 3 unspecified atom stereocenters. The molecule has 21 heavy (non-hydrogen) atoms. The zero-order chi connectivity index (χ0) is 15.4. The highest BCUT2D eigenvalue weighted by Gasteiger charge is 2.28. The maximum atomic E-state index is 12.3. The lowest BCUT2D eigenvalue weighted by Gasteiger charge is -2.30. The molecule has 1 saturated heterocycles. The normalized spacial score (nSPS) is 23.3. The molecule has 6 nitrogen and oxygen atoms in total. The van der Waals surface area contributed by atoms with Crippen molar-refractivity contribution >= 4 is 11.6 Å². The van der Waals surface area contributed by atoms with Crippen LogP contribution in [0.1, 0.15) is 38.3 Å². The minimum atomic E-state index is -0.428. The number of benzene rings is 1. The Kier molecular flexibility index (Phi) is 4.90. The highest BCUT2D eigenvalue weighted by molar-refractivity contribution is 5.82. The number of nitrogens with one attached hydrogen (secondary N) is 2. The molecular formula is C15H21N3O3. The van der Waals surface area contributed by atoms with Crippen LogP contribution in [0.2, 0.25) is 0 Å². The molecule has 6 heteroatoms. The minimum Gasteiger partial charge on any atom is -0.348 e. The summed E-state index contributed by atoms with van der Waals surface area (Å²) >= 11 is 0. The minimum absolute atomic E-state index is 0.0396. The van der Waals surface area contributed by atoms with Gasteiger partial charge in [-0.15, -0.1) is 0 Å². The van der Waals surface area contributed by atoms with Crippen LogP contribution in [0.4, 0.5) is 5.69 Å². The molecule has 0 spiro atoms. The number of amides is 1. The molecule has 0 radical (unpaired) electrons. The predicted octanol–water partition coefficient (Wildman–Crippen LogP) is 2.16. The summed E-state index contributed by atoms with van der Waals surface area (Å²) in [4.78, 5) is 22.7. The summed E-state index contributed by atoms with van der Waals surface area (Å²) in [7, 11) is 0. The van der Waals surface area contributed by atoms with Gasteiger partial charge in [-0.25, -0.2) is 0 Å². The summed E-state index contributed by atoms with van der Waals surface area (Å²) in [6, 6.07) is 5.94. The first-order valence-electron chi connectivity index (χ1n) is 7.27. The van der Waals surface area contributed by atoms with Crippen LogP contribution in [0, 0.1) is 16.0 Å². The van der Waals surface area contributed by atoms with Crippen LogP contribution in [0.15, 0.2) is 24.3 Å². The van der Waals surface area contributed by atoms with E-state index in [1.165, 1.54) is 12.1 Å². The zero-order valence-corrected chi connectivity index (χ0v) is 12.3. The van der Waals surface area contributed by atoms with Gasteiger partial charge in [0.15, 0.2) is 0 Å². The Morgan fingerprint density at radius 1 is 1.52 bits per heavy atom. The van der Waals surface area contributed by atoms with Gasteiger partial charge in [-0.1, -0.05) is 19.1 Å². The second-order valence-electron chi connectivity index (χ2n) is 5.63. The van der Waals surface area contributed by atoms with Crippen molar-refractivity contribution in [2.24, 2.45) is 5.92 Å². The summed E-state index contributed by atoms with van der Waals surface area (Å²) in [6.07, 6.45) is 2.13. The lowest BCUT2D eigenvalue weighted by atomic mass is 9.92. The molecular weight excluding hydrogens is 270 g/mol. The van der Waals surface area contributed by atoms with Gasteiger partial charge in [0.1, 0.15) is 0 Å². The fraction of sp³-hybridized carbons (Fsp3) is 0.533. The monoisotopic (exact) mass is 291 g/mol. The summed E-state index contributed by atoms with van der Waals surface area (Å²) < 4.78 is 0. The van der Waals surface area contributed by atoms with Gasteiger partial charge in [0.25, 0.3) is 5.69 Å². The van der Waals surface area contributed by atoms with Crippen LogP contribution >= 0.6 is 0 Å². The number of carbonyl (C=O) groups is 1. The van der Waals surface area contributed by atoms with Crippen LogP contribution in [0.5, 0.6) is 0 Å². The van der Waals surface area contributed by atoms with Crippen LogP contribution < -0.4 is 10.6 Å². The summed E-state index contributed by atoms with van der Waals surface area (Å²) in [6.45, 7) is 4.76. The quantitative estimate of drug-likeness (QED) is 0.657. The van der Waals surface area contributed by atoms with E-state index >= 15 is 0 Å². The predicted molar refractivity (Wildman–Crippen MR) is 79.8 cm³/mol. The van der Waals surface area contributed by atoms with Gasteiger partial charge < -0.3 is 10.6 Å². The Bertz CT molecular complexity index is 533. The van der Waals surface area contributed by atoms with Gasteiger partial charge in [0.2, 0.25) is 5.91 Å². The van der Waals surface area contributed by atoms with Crippen molar-refractivity contribution in [1.82, 2.24) is 10.6 Å². The van der Waals surface area contributed by atoms with E-state index in [-0.39, 0.29) is 23.7 Å². The first-order valence-corrected chi connectivity index (χ1v) is 7.27. The standard InChI is InChI=1S/C15H21N3O3/c1-10-5-4-8-16-14(10)15(19)17-11(2)12-6-3-7-13(9-12)18(20)21/h3,6-7,9-11,14,16H,4-5,8H2,1-2H3,(H,17,19). The lowest BCUT2D eigenvalue weighted by Crippen LogP contribution is -2.51. The summed E-state index contributed by atoms with van der Waals surface area (Å²) in [5, 5.41) is 17.0. The number of hydrogen-bond acceptors (Lipinski definition) is 4. The molecule has 1 amide bonds. The highest BCUT2D eigenvalue weighted by Crippen LogP contribution is 2.20. The lowest BCUT2D eigenvalue weighted by molar-refractivity contribution is -0.384. The molecule has 1 aromatic carbocycles. The van der Waals surface area contributed by atoms with E-state index in [1.807, 2.05) is 6.92 Å². The SMILES string of the molecule is CC(NC(=O)C1NCCCC1C)c1cccc([N+](=O)[O-])c1. The molecule has 3 atom stereocenters. The van der Waals surface area contributed by atoms with E-state index in [2.05, 4.69) is 17.6 Å². The topological polar surface area (TPSA) is 84.3 Å². The average molecular weight is 291 g/mol. The highest BCUT2D eigenvalue weighted by atomic mass is 16.6. The van der Waals surface area contributed by atoms with E-state index < -0.39 is 4.92 Å². The van der Waals surface area contributed by atoms with Crippen molar-refractivity contribution < 1.29 is 9.72 Å². The number of piperidine rings is 1. The van der Waals surface area contributed by atoms with Crippen molar-refractivity contribution in [3.63, 3.8) is 0 Å². The first kappa shape index (κ1) is 15.4.